The Hall–Kier alpha value is 0.160. The van der Waals surface area contributed by atoms with Crippen molar-refractivity contribution in [2.75, 3.05) is 37.7 Å². The van der Waals surface area contributed by atoms with Gasteiger partial charge in [-0.1, -0.05) is 6.92 Å². The number of nitrogens with one attached hydrogen (secondary N) is 1. The number of alkyl halides is 1. The summed E-state index contributed by atoms with van der Waals surface area (Å²) in [4.78, 5) is 2.16. The molecule has 0 spiro atoms. The van der Waals surface area contributed by atoms with Gasteiger partial charge < -0.3 is 10.2 Å². The predicted molar refractivity (Wildman–Crippen MR) is 63.0 cm³/mol. The summed E-state index contributed by atoms with van der Waals surface area (Å²) in [7, 11) is -2.75. The van der Waals surface area contributed by atoms with E-state index >= 15 is 0 Å². The van der Waals surface area contributed by atoms with Crippen molar-refractivity contribution in [2.24, 2.45) is 0 Å². The topological polar surface area (TPSA) is 49.4 Å². The van der Waals surface area contributed by atoms with E-state index in [4.69, 9.17) is 11.6 Å². The summed E-state index contributed by atoms with van der Waals surface area (Å²) in [6.45, 7) is 5.03. The molecule has 6 heteroatoms. The van der Waals surface area contributed by atoms with E-state index < -0.39 is 9.84 Å². The molecule has 90 valence electrons. The number of halogens is 1. The highest BCUT2D eigenvalue weighted by molar-refractivity contribution is 7.91. The maximum atomic E-state index is 11.2. The highest BCUT2D eigenvalue weighted by Crippen LogP contribution is 2.03. The van der Waals surface area contributed by atoms with Crippen LogP contribution in [-0.2, 0) is 9.84 Å². The second kappa shape index (κ2) is 6.03. The van der Waals surface area contributed by atoms with Crippen LogP contribution in [0, 0.1) is 0 Å². The molecule has 0 radical (unpaired) electrons. The zero-order valence-corrected chi connectivity index (χ0v) is 10.6. The molecule has 0 aromatic heterocycles. The smallest absolute Gasteiger partial charge is 0.152 e. The quantitative estimate of drug-likeness (QED) is 0.566. The summed E-state index contributed by atoms with van der Waals surface area (Å²) in [5.74, 6) is 0.593. The summed E-state index contributed by atoms with van der Waals surface area (Å²) >= 11 is 5.90. The van der Waals surface area contributed by atoms with Gasteiger partial charge in [0.2, 0.25) is 0 Å². The third kappa shape index (κ3) is 5.15. The van der Waals surface area contributed by atoms with Gasteiger partial charge in [0.25, 0.3) is 0 Å². The molecule has 1 unspecified atom stereocenters. The first-order chi connectivity index (χ1) is 7.03. The molecule has 4 nitrogen and oxygen atoms in total. The fraction of sp³-hybridized carbons (Fsp3) is 1.00. The van der Waals surface area contributed by atoms with E-state index in [9.17, 15) is 8.42 Å². The van der Waals surface area contributed by atoms with Gasteiger partial charge in [0.1, 0.15) is 0 Å². The van der Waals surface area contributed by atoms with Gasteiger partial charge >= 0.3 is 0 Å². The van der Waals surface area contributed by atoms with Gasteiger partial charge in [-0.2, -0.15) is 0 Å². The van der Waals surface area contributed by atoms with Gasteiger partial charge in [0, 0.05) is 26.2 Å². The van der Waals surface area contributed by atoms with Gasteiger partial charge in [-0.3, -0.25) is 0 Å². The number of hydrogen-bond acceptors (Lipinski definition) is 4. The van der Waals surface area contributed by atoms with Crippen LogP contribution in [0.25, 0.3) is 0 Å². The summed E-state index contributed by atoms with van der Waals surface area (Å²) in [5.41, 5.74) is 0.0264. The van der Waals surface area contributed by atoms with Crippen LogP contribution in [0.4, 0.5) is 0 Å². The summed E-state index contributed by atoms with van der Waals surface area (Å²) in [5, 5.41) is 3.17. The van der Waals surface area contributed by atoms with Crippen molar-refractivity contribution in [1.29, 1.82) is 0 Å². The molecule has 1 heterocycles. The van der Waals surface area contributed by atoms with Crippen LogP contribution in [0.5, 0.6) is 0 Å². The van der Waals surface area contributed by atoms with Crippen LogP contribution in [0.3, 0.4) is 0 Å². The summed E-state index contributed by atoms with van der Waals surface area (Å²) in [6, 6.07) is 0. The Balaban J connectivity index is 2.14. The molecule has 0 aromatic carbocycles. The van der Waals surface area contributed by atoms with Gasteiger partial charge in [-0.05, 0) is 6.42 Å². The largest absolute Gasteiger partial charge is 0.300 e. The minimum absolute atomic E-state index is 0.0264. The SMILES string of the molecule is CCC(Cl)NCCN1CCS(=O)(=O)CC1. The first kappa shape index (κ1) is 13.2. The third-order valence-corrected chi connectivity index (χ3v) is 4.66. The summed E-state index contributed by atoms with van der Waals surface area (Å²) in [6.07, 6.45) is 0.899. The van der Waals surface area contributed by atoms with Crippen molar-refractivity contribution in [1.82, 2.24) is 10.2 Å². The van der Waals surface area contributed by atoms with E-state index in [0.717, 1.165) is 19.5 Å². The Morgan fingerprint density at radius 3 is 2.53 bits per heavy atom. The Kier molecular flexibility index (Phi) is 5.32. The number of nitrogens with zero attached hydrogens (tertiary/aromatic N) is 1. The summed E-state index contributed by atoms with van der Waals surface area (Å²) < 4.78 is 22.3. The molecule has 0 saturated carbocycles. The molecule has 1 saturated heterocycles. The normalized spacial score (nSPS) is 23.9. The van der Waals surface area contributed by atoms with Crippen LogP contribution in [0.15, 0.2) is 0 Å². The lowest BCUT2D eigenvalue weighted by Crippen LogP contribution is -2.43. The second-order valence-electron chi connectivity index (χ2n) is 3.82. The highest BCUT2D eigenvalue weighted by Gasteiger charge is 2.20. The van der Waals surface area contributed by atoms with Crippen LogP contribution in [0.1, 0.15) is 13.3 Å². The number of sulfone groups is 1. The molecule has 0 aromatic rings. The van der Waals surface area contributed by atoms with E-state index in [2.05, 4.69) is 10.2 Å². The lowest BCUT2D eigenvalue weighted by atomic mass is 10.4. The zero-order valence-electron chi connectivity index (χ0n) is 9.08. The van der Waals surface area contributed by atoms with Gasteiger partial charge in [-0.25, -0.2) is 8.42 Å². The van der Waals surface area contributed by atoms with Gasteiger partial charge in [-0.15, -0.1) is 11.6 Å². The van der Waals surface area contributed by atoms with Crippen molar-refractivity contribution >= 4 is 21.4 Å². The molecular formula is C9H19ClN2O2S. The number of rotatable bonds is 5. The fourth-order valence-corrected chi connectivity index (χ4v) is 2.88. The van der Waals surface area contributed by atoms with Crippen LogP contribution in [-0.4, -0.2) is 56.5 Å². The Labute approximate surface area is 96.9 Å². The van der Waals surface area contributed by atoms with Crippen LogP contribution in [0.2, 0.25) is 0 Å². The molecule has 1 atom stereocenters. The maximum absolute atomic E-state index is 11.2. The molecule has 1 fully saturated rings. The van der Waals surface area contributed by atoms with Crippen molar-refractivity contribution in [3.05, 3.63) is 0 Å². The predicted octanol–water partition coefficient (Wildman–Crippen LogP) is 0.281. The van der Waals surface area contributed by atoms with Gasteiger partial charge in [0.05, 0.1) is 17.0 Å². The molecule has 1 aliphatic rings. The molecule has 1 aliphatic heterocycles. The van der Waals surface area contributed by atoms with E-state index in [-0.39, 0.29) is 5.50 Å². The Morgan fingerprint density at radius 2 is 2.00 bits per heavy atom. The molecule has 0 amide bonds. The third-order valence-electron chi connectivity index (χ3n) is 2.59. The molecule has 1 rings (SSSR count). The molecule has 0 bridgehead atoms. The highest BCUT2D eigenvalue weighted by atomic mass is 35.5. The number of hydrogen-bond donors (Lipinski definition) is 1. The van der Waals surface area contributed by atoms with Crippen molar-refractivity contribution in [2.45, 2.75) is 18.8 Å². The fourth-order valence-electron chi connectivity index (χ4n) is 1.50. The van der Waals surface area contributed by atoms with Crippen molar-refractivity contribution in [3.63, 3.8) is 0 Å². The molecular weight excluding hydrogens is 236 g/mol. The monoisotopic (exact) mass is 254 g/mol. The van der Waals surface area contributed by atoms with Crippen LogP contribution < -0.4 is 5.32 Å². The molecule has 1 N–H and O–H groups in total. The van der Waals surface area contributed by atoms with Crippen molar-refractivity contribution < 1.29 is 8.42 Å². The lowest BCUT2D eigenvalue weighted by molar-refractivity contribution is 0.293. The zero-order chi connectivity index (χ0) is 11.3. The van der Waals surface area contributed by atoms with Crippen molar-refractivity contribution in [3.8, 4) is 0 Å². The van der Waals surface area contributed by atoms with E-state index in [1.165, 1.54) is 0 Å². The first-order valence-corrected chi connectivity index (χ1v) is 7.59. The standard InChI is InChI=1S/C9H19ClN2O2S/c1-2-9(10)11-3-4-12-5-7-15(13,14)8-6-12/h9,11H,2-8H2,1H3. The van der Waals surface area contributed by atoms with Crippen LogP contribution >= 0.6 is 11.6 Å². The minimum atomic E-state index is -2.75. The first-order valence-electron chi connectivity index (χ1n) is 5.34. The van der Waals surface area contributed by atoms with E-state index in [1.54, 1.807) is 0 Å². The Morgan fingerprint density at radius 1 is 1.40 bits per heavy atom. The van der Waals surface area contributed by atoms with Gasteiger partial charge in [0.15, 0.2) is 9.84 Å². The molecule has 15 heavy (non-hydrogen) atoms. The average molecular weight is 255 g/mol. The average Bonchev–Trinajstić information content (AvgIpc) is 2.20. The minimum Gasteiger partial charge on any atom is -0.300 e. The maximum Gasteiger partial charge on any atom is 0.152 e. The van der Waals surface area contributed by atoms with E-state index in [1.807, 2.05) is 6.92 Å². The van der Waals surface area contributed by atoms with E-state index in [0.29, 0.717) is 24.6 Å². The second-order valence-corrected chi connectivity index (χ2v) is 6.65. The Bertz CT molecular complexity index is 268. The lowest BCUT2D eigenvalue weighted by Gasteiger charge is -2.26. The molecule has 0 aliphatic carbocycles.